The highest BCUT2D eigenvalue weighted by Crippen LogP contribution is 2.31. The zero-order valence-electron chi connectivity index (χ0n) is 23.1. The van der Waals surface area contributed by atoms with Gasteiger partial charge in [-0.2, -0.15) is 0 Å². The molecule has 0 atom stereocenters. The largest absolute Gasteiger partial charge is 0.385 e. The standard InChI is InChI=1S/C29H32ClN5O5S2/c1-19-16-26(41-27(19)30)42(39,40)33-29(38)32-21-6-9-23(10-7-21)35-25(36)18-20-17-22(8-11-24(20)28(35)37)31-12-5-15-34-13-3-2-4-14-34/h6-11,16-17,31H,2-5,12-15,18H2,1H3,(H2,32,33,38). The van der Waals surface area contributed by atoms with Gasteiger partial charge in [-0.3, -0.25) is 9.59 Å². The minimum atomic E-state index is -4.10. The van der Waals surface area contributed by atoms with E-state index in [4.69, 9.17) is 11.6 Å². The molecule has 2 aromatic carbocycles. The molecule has 3 aromatic rings. The molecule has 13 heteroatoms. The number of likely N-dealkylation sites (tertiary alicyclic amines) is 1. The Bertz CT molecular complexity index is 1580. The number of benzene rings is 2. The van der Waals surface area contributed by atoms with Crippen LogP contribution < -0.4 is 20.3 Å². The molecule has 1 saturated heterocycles. The summed E-state index contributed by atoms with van der Waals surface area (Å²) >= 11 is 6.80. The number of imide groups is 1. The lowest BCUT2D eigenvalue weighted by molar-refractivity contribution is -0.117. The predicted octanol–water partition coefficient (Wildman–Crippen LogP) is 5.24. The van der Waals surface area contributed by atoms with Crippen LogP contribution in [0.1, 0.15) is 47.2 Å². The Morgan fingerprint density at radius 3 is 2.40 bits per heavy atom. The molecule has 42 heavy (non-hydrogen) atoms. The van der Waals surface area contributed by atoms with Gasteiger partial charge < -0.3 is 15.5 Å². The Hall–Kier alpha value is -3.45. The first-order valence-electron chi connectivity index (χ1n) is 13.8. The van der Waals surface area contributed by atoms with Gasteiger partial charge in [0, 0.05) is 23.5 Å². The number of rotatable bonds is 9. The second-order valence-corrected chi connectivity index (χ2v) is 14.0. The van der Waals surface area contributed by atoms with Crippen LogP contribution in [0.5, 0.6) is 0 Å². The molecule has 222 valence electrons. The molecule has 2 aliphatic rings. The number of carbonyl (C=O) groups excluding carboxylic acids is 3. The lowest BCUT2D eigenvalue weighted by atomic mass is 9.97. The van der Waals surface area contributed by atoms with Crippen LogP contribution in [0, 0.1) is 6.92 Å². The number of thiophene rings is 1. The number of piperidine rings is 1. The van der Waals surface area contributed by atoms with Gasteiger partial charge in [0.25, 0.3) is 15.9 Å². The van der Waals surface area contributed by atoms with Crippen molar-refractivity contribution in [1.29, 1.82) is 0 Å². The number of hydrogen-bond acceptors (Lipinski definition) is 8. The van der Waals surface area contributed by atoms with Gasteiger partial charge in [0.05, 0.1) is 16.4 Å². The lowest BCUT2D eigenvalue weighted by Crippen LogP contribution is -2.42. The zero-order chi connectivity index (χ0) is 29.9. The van der Waals surface area contributed by atoms with Crippen molar-refractivity contribution in [2.45, 2.75) is 43.2 Å². The number of sulfonamides is 1. The molecule has 3 N–H and O–H groups in total. The first kappa shape index (κ1) is 30.0. The summed E-state index contributed by atoms with van der Waals surface area (Å²) in [6.45, 7) is 5.89. The Labute approximate surface area is 254 Å². The molecule has 0 saturated carbocycles. The first-order chi connectivity index (χ1) is 20.1. The van der Waals surface area contributed by atoms with E-state index in [1.54, 1.807) is 13.0 Å². The van der Waals surface area contributed by atoms with E-state index < -0.39 is 22.0 Å². The molecule has 5 rings (SSSR count). The van der Waals surface area contributed by atoms with Crippen LogP contribution in [0.4, 0.5) is 21.9 Å². The number of nitrogens with zero attached hydrogens (tertiary/aromatic N) is 2. The third kappa shape index (κ3) is 6.95. The molecule has 10 nitrogen and oxygen atoms in total. The predicted molar refractivity (Wildman–Crippen MR) is 165 cm³/mol. The second-order valence-electron chi connectivity index (χ2n) is 10.4. The smallest absolute Gasteiger partial charge is 0.333 e. The van der Waals surface area contributed by atoms with Crippen molar-refractivity contribution in [1.82, 2.24) is 9.62 Å². The Morgan fingerprint density at radius 2 is 1.71 bits per heavy atom. The van der Waals surface area contributed by atoms with Gasteiger partial charge in [0.2, 0.25) is 5.91 Å². The molecule has 1 aromatic heterocycles. The topological polar surface area (TPSA) is 128 Å². The lowest BCUT2D eigenvalue weighted by Gasteiger charge is -2.27. The minimum absolute atomic E-state index is 0.0753. The molecule has 0 radical (unpaired) electrons. The Kier molecular flexibility index (Phi) is 9.16. The van der Waals surface area contributed by atoms with E-state index >= 15 is 0 Å². The Morgan fingerprint density at radius 1 is 1.00 bits per heavy atom. The SMILES string of the molecule is Cc1cc(S(=O)(=O)NC(=O)Nc2ccc(N3C(=O)Cc4cc(NCCCN5CCCCC5)ccc4C3=O)cc2)sc1Cl. The van der Waals surface area contributed by atoms with Crippen LogP contribution in [0.2, 0.25) is 4.34 Å². The third-order valence-corrected chi connectivity index (χ3v) is 10.6. The second kappa shape index (κ2) is 12.8. The molecule has 4 amide bonds. The number of carbonyl (C=O) groups is 3. The number of hydrogen-bond donors (Lipinski definition) is 3. The highest BCUT2D eigenvalue weighted by Gasteiger charge is 2.32. The molecule has 0 unspecified atom stereocenters. The minimum Gasteiger partial charge on any atom is -0.385 e. The fourth-order valence-electron chi connectivity index (χ4n) is 5.10. The monoisotopic (exact) mass is 629 g/mol. The summed E-state index contributed by atoms with van der Waals surface area (Å²) in [7, 11) is -4.10. The van der Waals surface area contributed by atoms with Crippen LogP contribution in [0.25, 0.3) is 0 Å². The molecule has 2 aliphatic heterocycles. The van der Waals surface area contributed by atoms with Gasteiger partial charge in [-0.15, -0.1) is 11.3 Å². The number of amides is 4. The summed E-state index contributed by atoms with van der Waals surface area (Å²) < 4.78 is 27.1. The molecular weight excluding hydrogens is 598 g/mol. The van der Waals surface area contributed by atoms with E-state index in [2.05, 4.69) is 15.5 Å². The maximum Gasteiger partial charge on any atom is 0.333 e. The average molecular weight is 630 g/mol. The van der Waals surface area contributed by atoms with Crippen molar-refractivity contribution in [2.75, 3.05) is 41.7 Å². The normalized spacial score (nSPS) is 15.8. The fourth-order valence-corrected chi connectivity index (χ4v) is 7.72. The highest BCUT2D eigenvalue weighted by atomic mass is 35.5. The number of fused-ring (bicyclic) bond motifs is 1. The van der Waals surface area contributed by atoms with E-state index in [0.717, 1.165) is 41.4 Å². The third-order valence-electron chi connectivity index (χ3n) is 7.27. The van der Waals surface area contributed by atoms with Gasteiger partial charge in [0.15, 0.2) is 0 Å². The molecule has 0 spiro atoms. The summed E-state index contributed by atoms with van der Waals surface area (Å²) in [5.74, 6) is -0.781. The summed E-state index contributed by atoms with van der Waals surface area (Å²) in [5.41, 5.74) is 3.25. The molecule has 1 fully saturated rings. The van der Waals surface area contributed by atoms with Gasteiger partial charge >= 0.3 is 6.03 Å². The number of aryl methyl sites for hydroxylation is 1. The maximum absolute atomic E-state index is 13.3. The molecule has 0 bridgehead atoms. The maximum atomic E-state index is 13.3. The Balaban J connectivity index is 1.18. The zero-order valence-corrected chi connectivity index (χ0v) is 25.5. The number of halogens is 1. The number of urea groups is 1. The molecule has 3 heterocycles. The number of anilines is 3. The van der Waals surface area contributed by atoms with Gasteiger partial charge in [-0.1, -0.05) is 18.0 Å². The van der Waals surface area contributed by atoms with Crippen molar-refractivity contribution in [2.24, 2.45) is 0 Å². The summed E-state index contributed by atoms with van der Waals surface area (Å²) in [5, 5.41) is 5.86. The first-order valence-corrected chi connectivity index (χ1v) is 16.4. The van der Waals surface area contributed by atoms with Crippen molar-refractivity contribution in [3.63, 3.8) is 0 Å². The summed E-state index contributed by atoms with van der Waals surface area (Å²) in [6, 6.07) is 11.9. The van der Waals surface area contributed by atoms with Crippen molar-refractivity contribution in [3.8, 4) is 0 Å². The van der Waals surface area contributed by atoms with Crippen LogP contribution in [-0.2, 0) is 21.2 Å². The fraction of sp³-hybridized carbons (Fsp3) is 0.345. The van der Waals surface area contributed by atoms with Crippen molar-refractivity contribution >= 4 is 67.9 Å². The molecular formula is C29H32ClN5O5S2. The summed E-state index contributed by atoms with van der Waals surface area (Å²) in [6.07, 6.45) is 4.97. The van der Waals surface area contributed by atoms with E-state index in [9.17, 15) is 22.8 Å². The van der Waals surface area contributed by atoms with E-state index in [-0.39, 0.29) is 22.2 Å². The quantitative estimate of drug-likeness (QED) is 0.218. The van der Waals surface area contributed by atoms with Crippen LogP contribution >= 0.6 is 22.9 Å². The van der Waals surface area contributed by atoms with Gasteiger partial charge in [0.1, 0.15) is 4.21 Å². The summed E-state index contributed by atoms with van der Waals surface area (Å²) in [4.78, 5) is 42.3. The van der Waals surface area contributed by atoms with Crippen LogP contribution in [-0.4, -0.2) is 57.3 Å². The van der Waals surface area contributed by atoms with Gasteiger partial charge in [-0.05, 0) is 105 Å². The number of nitrogens with one attached hydrogen (secondary N) is 3. The van der Waals surface area contributed by atoms with E-state index in [1.165, 1.54) is 62.7 Å². The van der Waals surface area contributed by atoms with Crippen LogP contribution in [0.15, 0.2) is 52.7 Å². The van der Waals surface area contributed by atoms with Crippen molar-refractivity contribution < 1.29 is 22.8 Å². The highest BCUT2D eigenvalue weighted by molar-refractivity contribution is 7.92. The van der Waals surface area contributed by atoms with Crippen molar-refractivity contribution in [3.05, 3.63) is 69.6 Å². The van der Waals surface area contributed by atoms with Crippen LogP contribution in [0.3, 0.4) is 0 Å². The van der Waals surface area contributed by atoms with E-state index in [0.29, 0.717) is 26.7 Å². The van der Waals surface area contributed by atoms with Gasteiger partial charge in [-0.25, -0.2) is 22.8 Å². The molecule has 0 aliphatic carbocycles. The van der Waals surface area contributed by atoms with E-state index in [1.807, 2.05) is 16.9 Å². The average Bonchev–Trinajstić information content (AvgIpc) is 3.31.